The van der Waals surface area contributed by atoms with Gasteiger partial charge in [-0.1, -0.05) is 48.9 Å². The number of benzene rings is 2. The predicted octanol–water partition coefficient (Wildman–Crippen LogP) is 4.30. The lowest BCUT2D eigenvalue weighted by Crippen LogP contribution is -2.21. The molecule has 2 N–H and O–H groups in total. The van der Waals surface area contributed by atoms with E-state index in [4.69, 9.17) is 16.3 Å². The number of ether oxygens (including phenoxy) is 1. The van der Waals surface area contributed by atoms with E-state index in [1.54, 1.807) is 13.2 Å². The number of hydrogen-bond donors (Lipinski definition) is 2. The Morgan fingerprint density at radius 1 is 1.19 bits per heavy atom. The molecule has 2 rings (SSSR count). The zero-order chi connectivity index (χ0) is 15.2. The topological polar surface area (TPSA) is 41.5 Å². The number of nitrogens with one attached hydrogen (secondary N) is 1. The van der Waals surface area contributed by atoms with Crippen LogP contribution in [-0.2, 0) is 6.54 Å². The third-order valence-electron chi connectivity index (χ3n) is 3.53. The van der Waals surface area contributed by atoms with Crippen LogP contribution in [0.2, 0.25) is 5.02 Å². The summed E-state index contributed by atoms with van der Waals surface area (Å²) in [4.78, 5) is 0. The first-order valence-electron chi connectivity index (χ1n) is 7.00. The predicted molar refractivity (Wildman–Crippen MR) is 86.0 cm³/mol. The van der Waals surface area contributed by atoms with Gasteiger partial charge in [0.15, 0.2) is 0 Å². The minimum absolute atomic E-state index is 0.140. The molecule has 0 aliphatic rings. The summed E-state index contributed by atoms with van der Waals surface area (Å²) in [6, 6.07) is 13.5. The fourth-order valence-corrected chi connectivity index (χ4v) is 2.56. The third kappa shape index (κ3) is 3.69. The zero-order valence-electron chi connectivity index (χ0n) is 12.3. The molecule has 0 fully saturated rings. The van der Waals surface area contributed by atoms with Gasteiger partial charge in [-0.15, -0.1) is 0 Å². The molecule has 2 aromatic carbocycles. The molecule has 0 aliphatic heterocycles. The van der Waals surface area contributed by atoms with Crippen molar-refractivity contribution in [2.45, 2.75) is 25.9 Å². The molecule has 1 atom stereocenters. The number of phenolic OH excluding ortho intramolecular Hbond substituents is 1. The molecule has 112 valence electrons. The average molecular weight is 306 g/mol. The second-order valence-corrected chi connectivity index (χ2v) is 5.24. The SMILES string of the molecule is CCC(NCc1cccc(Cl)c1O)c1ccccc1OC. The van der Waals surface area contributed by atoms with Gasteiger partial charge in [0.2, 0.25) is 0 Å². The summed E-state index contributed by atoms with van der Waals surface area (Å²) < 4.78 is 5.41. The lowest BCUT2D eigenvalue weighted by Gasteiger charge is -2.20. The van der Waals surface area contributed by atoms with E-state index >= 15 is 0 Å². The number of hydrogen-bond acceptors (Lipinski definition) is 3. The van der Waals surface area contributed by atoms with Gasteiger partial charge >= 0.3 is 0 Å². The van der Waals surface area contributed by atoms with E-state index in [2.05, 4.69) is 18.3 Å². The molecule has 3 nitrogen and oxygen atoms in total. The second kappa shape index (κ2) is 7.34. The van der Waals surface area contributed by atoms with Gasteiger partial charge in [-0.2, -0.15) is 0 Å². The molecular weight excluding hydrogens is 286 g/mol. The standard InChI is InChI=1S/C17H20ClNO2/c1-3-15(13-8-4-5-10-16(13)21-2)19-11-12-7-6-9-14(18)17(12)20/h4-10,15,19-20H,3,11H2,1-2H3. The van der Waals surface area contributed by atoms with Crippen LogP contribution in [0.25, 0.3) is 0 Å². The molecule has 0 saturated carbocycles. The van der Waals surface area contributed by atoms with Gasteiger partial charge in [-0.05, 0) is 18.6 Å². The summed E-state index contributed by atoms with van der Waals surface area (Å²) in [6.45, 7) is 2.66. The van der Waals surface area contributed by atoms with E-state index < -0.39 is 0 Å². The Kier molecular flexibility index (Phi) is 5.48. The number of para-hydroxylation sites is 2. The fraction of sp³-hybridized carbons (Fsp3) is 0.294. The molecule has 2 aromatic rings. The Balaban J connectivity index is 2.14. The Labute approximate surface area is 130 Å². The highest BCUT2D eigenvalue weighted by molar-refractivity contribution is 6.32. The Bertz CT molecular complexity index is 601. The molecule has 0 aliphatic carbocycles. The van der Waals surface area contributed by atoms with E-state index in [1.807, 2.05) is 30.3 Å². The highest BCUT2D eigenvalue weighted by Gasteiger charge is 2.14. The first kappa shape index (κ1) is 15.7. The molecule has 0 amide bonds. The number of halogens is 1. The molecule has 0 radical (unpaired) electrons. The zero-order valence-corrected chi connectivity index (χ0v) is 13.0. The van der Waals surface area contributed by atoms with Crippen molar-refractivity contribution in [2.75, 3.05) is 7.11 Å². The Morgan fingerprint density at radius 2 is 1.95 bits per heavy atom. The molecule has 4 heteroatoms. The summed E-state index contributed by atoms with van der Waals surface area (Å²) in [7, 11) is 1.67. The summed E-state index contributed by atoms with van der Waals surface area (Å²) in [5.74, 6) is 1.01. The van der Waals surface area contributed by atoms with Crippen LogP contribution >= 0.6 is 11.6 Å². The van der Waals surface area contributed by atoms with Crippen LogP contribution in [-0.4, -0.2) is 12.2 Å². The largest absolute Gasteiger partial charge is 0.506 e. The highest BCUT2D eigenvalue weighted by Crippen LogP contribution is 2.30. The molecule has 0 heterocycles. The van der Waals surface area contributed by atoms with Gasteiger partial charge in [0.05, 0.1) is 12.1 Å². The summed E-state index contributed by atoms with van der Waals surface area (Å²) in [5, 5.41) is 13.8. The van der Waals surface area contributed by atoms with Crippen molar-refractivity contribution in [2.24, 2.45) is 0 Å². The van der Waals surface area contributed by atoms with Crippen molar-refractivity contribution in [3.63, 3.8) is 0 Å². The molecule has 0 spiro atoms. The molecule has 0 aromatic heterocycles. The van der Waals surface area contributed by atoms with Crippen LogP contribution in [0.3, 0.4) is 0 Å². The van der Waals surface area contributed by atoms with Gasteiger partial charge in [-0.3, -0.25) is 0 Å². The number of phenols is 1. The van der Waals surface area contributed by atoms with Gasteiger partial charge in [-0.25, -0.2) is 0 Å². The van der Waals surface area contributed by atoms with E-state index in [0.29, 0.717) is 11.6 Å². The second-order valence-electron chi connectivity index (χ2n) is 4.83. The molecule has 21 heavy (non-hydrogen) atoms. The molecule has 0 saturated heterocycles. The van der Waals surface area contributed by atoms with Gasteiger partial charge < -0.3 is 15.2 Å². The maximum Gasteiger partial charge on any atom is 0.138 e. The first-order chi connectivity index (χ1) is 10.2. The van der Waals surface area contributed by atoms with Crippen LogP contribution < -0.4 is 10.1 Å². The van der Waals surface area contributed by atoms with E-state index in [0.717, 1.165) is 23.3 Å². The highest BCUT2D eigenvalue weighted by atomic mass is 35.5. The number of aromatic hydroxyl groups is 1. The monoisotopic (exact) mass is 305 g/mol. The van der Waals surface area contributed by atoms with E-state index in [-0.39, 0.29) is 11.8 Å². The quantitative estimate of drug-likeness (QED) is 0.836. The fourth-order valence-electron chi connectivity index (χ4n) is 2.36. The maximum atomic E-state index is 9.96. The normalized spacial score (nSPS) is 12.1. The van der Waals surface area contributed by atoms with Crippen LogP contribution in [0.4, 0.5) is 0 Å². The lowest BCUT2D eigenvalue weighted by molar-refractivity contribution is 0.395. The van der Waals surface area contributed by atoms with Crippen LogP contribution in [0.5, 0.6) is 11.5 Å². The number of methoxy groups -OCH3 is 1. The number of rotatable bonds is 6. The van der Waals surface area contributed by atoms with E-state index in [1.165, 1.54) is 0 Å². The third-order valence-corrected chi connectivity index (χ3v) is 3.84. The van der Waals surface area contributed by atoms with E-state index in [9.17, 15) is 5.11 Å². The lowest BCUT2D eigenvalue weighted by atomic mass is 10.0. The van der Waals surface area contributed by atoms with Crippen molar-refractivity contribution in [1.29, 1.82) is 0 Å². The van der Waals surface area contributed by atoms with Gasteiger partial charge in [0.25, 0.3) is 0 Å². The molecule has 1 unspecified atom stereocenters. The Morgan fingerprint density at radius 3 is 2.67 bits per heavy atom. The average Bonchev–Trinajstić information content (AvgIpc) is 2.52. The van der Waals surface area contributed by atoms with Crippen molar-refractivity contribution >= 4 is 11.6 Å². The van der Waals surface area contributed by atoms with Crippen LogP contribution in [0.1, 0.15) is 30.5 Å². The van der Waals surface area contributed by atoms with Gasteiger partial charge in [0.1, 0.15) is 11.5 Å². The molecule has 0 bridgehead atoms. The molecular formula is C17H20ClNO2. The van der Waals surface area contributed by atoms with Crippen LogP contribution in [0.15, 0.2) is 42.5 Å². The summed E-state index contributed by atoms with van der Waals surface area (Å²) >= 11 is 5.93. The van der Waals surface area contributed by atoms with Crippen LogP contribution in [0, 0.1) is 0 Å². The minimum Gasteiger partial charge on any atom is -0.506 e. The van der Waals surface area contributed by atoms with Gasteiger partial charge in [0, 0.05) is 23.7 Å². The van der Waals surface area contributed by atoms with Crippen molar-refractivity contribution < 1.29 is 9.84 Å². The minimum atomic E-state index is 0.140. The van der Waals surface area contributed by atoms with Crippen molar-refractivity contribution in [3.8, 4) is 11.5 Å². The maximum absolute atomic E-state index is 9.96. The smallest absolute Gasteiger partial charge is 0.138 e. The Hall–Kier alpha value is -1.71. The summed E-state index contributed by atoms with van der Waals surface area (Å²) in [5.41, 5.74) is 1.90. The van der Waals surface area contributed by atoms with Crippen molar-refractivity contribution in [1.82, 2.24) is 5.32 Å². The summed E-state index contributed by atoms with van der Waals surface area (Å²) in [6.07, 6.45) is 0.918. The van der Waals surface area contributed by atoms with Crippen molar-refractivity contribution in [3.05, 3.63) is 58.6 Å². The first-order valence-corrected chi connectivity index (χ1v) is 7.37.